The Kier molecular flexibility index (Phi) is 8.70. The number of amides is 2. The van der Waals surface area contributed by atoms with Gasteiger partial charge in [0.2, 0.25) is 11.8 Å². The van der Waals surface area contributed by atoms with E-state index in [2.05, 4.69) is 44.8 Å². The maximum absolute atomic E-state index is 12.7. The van der Waals surface area contributed by atoms with Gasteiger partial charge in [0.05, 0.1) is 13.1 Å². The van der Waals surface area contributed by atoms with Crippen LogP contribution in [0.1, 0.15) is 31.2 Å². The van der Waals surface area contributed by atoms with E-state index in [1.165, 1.54) is 5.56 Å². The third-order valence-electron chi connectivity index (χ3n) is 6.27. The minimum absolute atomic E-state index is 0.123. The molecule has 2 fully saturated rings. The minimum atomic E-state index is -0.286. The molecule has 4 N–H and O–H groups in total. The van der Waals surface area contributed by atoms with Gasteiger partial charge in [-0.15, -0.1) is 0 Å². The second-order valence-corrected chi connectivity index (χ2v) is 8.60. The molecule has 2 aliphatic heterocycles. The number of likely N-dealkylation sites (tertiary alicyclic amines) is 2. The normalized spacial score (nSPS) is 19.3. The summed E-state index contributed by atoms with van der Waals surface area (Å²) < 4.78 is 0. The number of guanidine groups is 1. The van der Waals surface area contributed by atoms with Gasteiger partial charge in [0.15, 0.2) is 5.96 Å². The molecule has 8 nitrogen and oxygen atoms in total. The summed E-state index contributed by atoms with van der Waals surface area (Å²) in [5, 5.41) is 6.57. The van der Waals surface area contributed by atoms with Crippen LogP contribution in [0.15, 0.2) is 35.3 Å². The Labute approximate surface area is 185 Å². The van der Waals surface area contributed by atoms with Crippen molar-refractivity contribution in [1.29, 1.82) is 0 Å². The largest absolute Gasteiger partial charge is 0.369 e. The second kappa shape index (κ2) is 11.7. The van der Waals surface area contributed by atoms with Crippen LogP contribution < -0.4 is 16.4 Å². The van der Waals surface area contributed by atoms with E-state index in [9.17, 15) is 9.59 Å². The molecular weight excluding hydrogens is 392 g/mol. The molecule has 0 radical (unpaired) electrons. The van der Waals surface area contributed by atoms with Crippen molar-refractivity contribution in [1.82, 2.24) is 20.4 Å². The van der Waals surface area contributed by atoms with Gasteiger partial charge in [-0.1, -0.05) is 30.3 Å². The monoisotopic (exact) mass is 428 g/mol. The molecule has 1 aromatic carbocycles. The van der Waals surface area contributed by atoms with Gasteiger partial charge < -0.3 is 21.3 Å². The molecule has 2 heterocycles. The van der Waals surface area contributed by atoms with Crippen LogP contribution in [0.2, 0.25) is 0 Å². The Morgan fingerprint density at radius 2 is 1.74 bits per heavy atom. The Hall–Kier alpha value is -2.61. The van der Waals surface area contributed by atoms with Crippen LogP contribution in [0.3, 0.4) is 0 Å². The summed E-state index contributed by atoms with van der Waals surface area (Å²) in [4.78, 5) is 32.0. The second-order valence-electron chi connectivity index (χ2n) is 8.60. The van der Waals surface area contributed by atoms with Crippen LogP contribution in [-0.4, -0.2) is 79.9 Å². The molecule has 0 aliphatic carbocycles. The fraction of sp³-hybridized carbons (Fsp3) is 0.609. The third-order valence-corrected chi connectivity index (χ3v) is 6.27. The van der Waals surface area contributed by atoms with Crippen molar-refractivity contribution in [3.63, 3.8) is 0 Å². The fourth-order valence-electron chi connectivity index (χ4n) is 4.45. The summed E-state index contributed by atoms with van der Waals surface area (Å²) in [6, 6.07) is 10.9. The van der Waals surface area contributed by atoms with Crippen molar-refractivity contribution >= 4 is 17.8 Å². The average Bonchev–Trinajstić information content (AvgIpc) is 2.78. The number of hydrogen-bond acceptors (Lipinski definition) is 4. The van der Waals surface area contributed by atoms with Gasteiger partial charge in [0.1, 0.15) is 0 Å². The zero-order valence-electron chi connectivity index (χ0n) is 18.6. The van der Waals surface area contributed by atoms with Gasteiger partial charge in [-0.05, 0) is 43.6 Å². The maximum Gasteiger partial charge on any atom is 0.241 e. The van der Waals surface area contributed by atoms with Crippen LogP contribution in [-0.2, 0) is 16.0 Å². The number of nitrogens with zero attached hydrogens (tertiary/aromatic N) is 3. The molecule has 2 aliphatic rings. The van der Waals surface area contributed by atoms with Crippen LogP contribution in [0.4, 0.5) is 0 Å². The molecule has 0 spiro atoms. The zero-order valence-corrected chi connectivity index (χ0v) is 18.6. The molecule has 0 bridgehead atoms. The lowest BCUT2D eigenvalue weighted by Gasteiger charge is -2.33. The summed E-state index contributed by atoms with van der Waals surface area (Å²) in [5.74, 6) is 1.14. The maximum atomic E-state index is 12.7. The average molecular weight is 429 g/mol. The fourth-order valence-corrected chi connectivity index (χ4v) is 4.45. The molecule has 2 saturated heterocycles. The standard InChI is InChI=1S/C23H36N6O2/c1-25-23(27-20-9-11-28(12-10-20)17-21(24)30)26-16-22(31)29-13-7-19(8-14-29)15-18-5-3-2-4-6-18/h2-6,19-20H,7-17H2,1H3,(H2,24,30)(H2,25,26,27). The van der Waals surface area contributed by atoms with Crippen LogP contribution in [0.5, 0.6) is 0 Å². The summed E-state index contributed by atoms with van der Waals surface area (Å²) in [5.41, 5.74) is 6.65. The molecule has 0 atom stereocenters. The summed E-state index contributed by atoms with van der Waals surface area (Å²) in [7, 11) is 1.72. The molecule has 2 amide bonds. The lowest BCUT2D eigenvalue weighted by molar-refractivity contribution is -0.131. The first kappa shape index (κ1) is 23.1. The van der Waals surface area contributed by atoms with Gasteiger partial charge in [0, 0.05) is 39.3 Å². The van der Waals surface area contributed by atoms with Gasteiger partial charge in [-0.2, -0.15) is 0 Å². The highest BCUT2D eigenvalue weighted by Gasteiger charge is 2.24. The number of carbonyl (C=O) groups excluding carboxylic acids is 2. The molecule has 0 saturated carbocycles. The number of primary amides is 1. The van der Waals surface area contributed by atoms with Crippen LogP contribution in [0.25, 0.3) is 0 Å². The molecule has 3 rings (SSSR count). The highest BCUT2D eigenvalue weighted by molar-refractivity contribution is 5.86. The van der Waals surface area contributed by atoms with Crippen molar-refractivity contribution in [2.24, 2.45) is 16.6 Å². The SMILES string of the molecule is CN=C(NCC(=O)N1CCC(Cc2ccccc2)CC1)NC1CCN(CC(N)=O)CC1. The number of nitrogens with one attached hydrogen (secondary N) is 2. The first-order valence-corrected chi connectivity index (χ1v) is 11.3. The molecule has 170 valence electrons. The third kappa shape index (κ3) is 7.54. The smallest absolute Gasteiger partial charge is 0.241 e. The quantitative estimate of drug-likeness (QED) is 0.436. The molecule has 0 aromatic heterocycles. The van der Waals surface area contributed by atoms with E-state index in [0.717, 1.165) is 58.3 Å². The predicted octanol–water partition coefficient (Wildman–Crippen LogP) is 0.582. The minimum Gasteiger partial charge on any atom is -0.369 e. The van der Waals surface area contributed by atoms with E-state index < -0.39 is 0 Å². The number of piperidine rings is 2. The highest BCUT2D eigenvalue weighted by atomic mass is 16.2. The number of hydrogen-bond donors (Lipinski definition) is 3. The topological polar surface area (TPSA) is 103 Å². The number of benzene rings is 1. The summed E-state index contributed by atoms with van der Waals surface area (Å²) in [6.45, 7) is 3.87. The first-order valence-electron chi connectivity index (χ1n) is 11.3. The van der Waals surface area contributed by atoms with E-state index in [-0.39, 0.29) is 24.4 Å². The van der Waals surface area contributed by atoms with E-state index in [4.69, 9.17) is 5.73 Å². The number of carbonyl (C=O) groups is 2. The lowest BCUT2D eigenvalue weighted by Crippen LogP contribution is -2.51. The van der Waals surface area contributed by atoms with Crippen LogP contribution >= 0.6 is 0 Å². The predicted molar refractivity (Wildman–Crippen MR) is 123 cm³/mol. The van der Waals surface area contributed by atoms with E-state index in [1.54, 1.807) is 7.05 Å². The Balaban J connectivity index is 1.34. The molecule has 31 heavy (non-hydrogen) atoms. The van der Waals surface area contributed by atoms with Crippen molar-refractivity contribution < 1.29 is 9.59 Å². The Morgan fingerprint density at radius 3 is 2.35 bits per heavy atom. The molecular formula is C23H36N6O2. The highest BCUT2D eigenvalue weighted by Crippen LogP contribution is 2.21. The van der Waals surface area contributed by atoms with Crippen molar-refractivity contribution in [2.75, 3.05) is 46.3 Å². The number of aliphatic imine (C=N–C) groups is 1. The van der Waals surface area contributed by atoms with Crippen molar-refractivity contribution in [3.05, 3.63) is 35.9 Å². The zero-order chi connectivity index (χ0) is 22.1. The summed E-state index contributed by atoms with van der Waals surface area (Å²) in [6.07, 6.45) is 5.03. The number of rotatable bonds is 7. The van der Waals surface area contributed by atoms with Gasteiger partial charge in [0.25, 0.3) is 0 Å². The van der Waals surface area contributed by atoms with Gasteiger partial charge in [-0.25, -0.2) is 0 Å². The molecule has 1 aromatic rings. The Morgan fingerprint density at radius 1 is 1.06 bits per heavy atom. The van der Waals surface area contributed by atoms with Crippen molar-refractivity contribution in [3.8, 4) is 0 Å². The van der Waals surface area contributed by atoms with Crippen molar-refractivity contribution in [2.45, 2.75) is 38.1 Å². The van der Waals surface area contributed by atoms with E-state index in [1.807, 2.05) is 11.0 Å². The number of nitrogens with two attached hydrogens (primary N) is 1. The van der Waals surface area contributed by atoms with Gasteiger partial charge >= 0.3 is 0 Å². The van der Waals surface area contributed by atoms with Crippen LogP contribution in [0, 0.1) is 5.92 Å². The molecule has 8 heteroatoms. The first-order chi connectivity index (χ1) is 15.0. The van der Waals surface area contributed by atoms with E-state index in [0.29, 0.717) is 18.4 Å². The Bertz CT molecular complexity index is 738. The van der Waals surface area contributed by atoms with Gasteiger partial charge in [-0.3, -0.25) is 19.5 Å². The van der Waals surface area contributed by atoms with E-state index >= 15 is 0 Å². The molecule has 0 unspecified atom stereocenters. The lowest BCUT2D eigenvalue weighted by atomic mass is 9.90. The summed E-state index contributed by atoms with van der Waals surface area (Å²) >= 11 is 0.